The van der Waals surface area contributed by atoms with Gasteiger partial charge in [0.15, 0.2) is 0 Å². The second kappa shape index (κ2) is 2.75. The molecule has 0 saturated carbocycles. The lowest BCUT2D eigenvalue weighted by molar-refractivity contribution is 0.0747. The predicted molar refractivity (Wildman–Crippen MR) is 55.2 cm³/mol. The topological polar surface area (TPSA) is 56.2 Å². The second-order valence-electron chi connectivity index (χ2n) is 3.98. The lowest BCUT2D eigenvalue weighted by Gasteiger charge is -2.14. The van der Waals surface area contributed by atoms with Gasteiger partial charge in [-0.25, -0.2) is 0 Å². The Labute approximate surface area is 82.0 Å². The van der Waals surface area contributed by atoms with Crippen LogP contribution < -0.4 is 0 Å². The van der Waals surface area contributed by atoms with Crippen molar-refractivity contribution in [2.45, 2.75) is 19.4 Å². The van der Waals surface area contributed by atoms with Crippen LogP contribution in [0.1, 0.15) is 19.5 Å². The van der Waals surface area contributed by atoms with Crippen LogP contribution in [0.15, 0.2) is 24.3 Å². The van der Waals surface area contributed by atoms with Crippen molar-refractivity contribution in [1.29, 1.82) is 0 Å². The highest BCUT2D eigenvalue weighted by Crippen LogP contribution is 2.29. The van der Waals surface area contributed by atoms with E-state index in [1.54, 1.807) is 32.0 Å². The molecule has 74 valence electrons. The van der Waals surface area contributed by atoms with Crippen molar-refractivity contribution in [2.75, 3.05) is 0 Å². The summed E-state index contributed by atoms with van der Waals surface area (Å²) in [6.07, 6.45) is 0. The van der Waals surface area contributed by atoms with E-state index in [1.807, 2.05) is 6.07 Å². The Balaban J connectivity index is 2.69. The quantitative estimate of drug-likeness (QED) is 0.646. The summed E-state index contributed by atoms with van der Waals surface area (Å²) >= 11 is 0. The molecular weight excluding hydrogens is 178 g/mol. The average Bonchev–Trinajstić information content (AvgIpc) is 2.48. The molecule has 1 heterocycles. The molecule has 3 heteroatoms. The van der Waals surface area contributed by atoms with Gasteiger partial charge in [0.25, 0.3) is 0 Å². The Morgan fingerprint density at radius 1 is 1.29 bits per heavy atom. The molecule has 3 N–H and O–H groups in total. The molecule has 0 bridgehead atoms. The second-order valence-corrected chi connectivity index (χ2v) is 3.98. The van der Waals surface area contributed by atoms with E-state index in [9.17, 15) is 10.2 Å². The first-order valence-electron chi connectivity index (χ1n) is 4.52. The van der Waals surface area contributed by atoms with Gasteiger partial charge >= 0.3 is 0 Å². The molecule has 14 heavy (non-hydrogen) atoms. The minimum absolute atomic E-state index is 0.231. The maximum Gasteiger partial charge on any atom is 0.124 e. The van der Waals surface area contributed by atoms with Crippen molar-refractivity contribution in [3.63, 3.8) is 0 Å². The summed E-state index contributed by atoms with van der Waals surface area (Å²) in [6.45, 7) is 3.41. The van der Waals surface area contributed by atoms with Crippen molar-refractivity contribution in [2.24, 2.45) is 0 Å². The Hall–Kier alpha value is -1.48. The lowest BCUT2D eigenvalue weighted by atomic mass is 10.1. The molecule has 0 atom stereocenters. The fourth-order valence-electron chi connectivity index (χ4n) is 1.47. The van der Waals surface area contributed by atoms with E-state index < -0.39 is 5.60 Å². The van der Waals surface area contributed by atoms with Gasteiger partial charge in [-0.05, 0) is 32.0 Å². The summed E-state index contributed by atoms with van der Waals surface area (Å²) in [5.74, 6) is 0.231. The number of nitrogens with one attached hydrogen (secondary N) is 1. The van der Waals surface area contributed by atoms with Crippen molar-refractivity contribution in [1.82, 2.24) is 4.98 Å². The maximum absolute atomic E-state index is 9.77. The molecular formula is C11H13NO2. The average molecular weight is 191 g/mol. The summed E-state index contributed by atoms with van der Waals surface area (Å²) in [7, 11) is 0. The summed E-state index contributed by atoms with van der Waals surface area (Å²) in [6, 6.07) is 7.03. The number of benzene rings is 1. The fraction of sp³-hybridized carbons (Fsp3) is 0.273. The number of aromatic hydroxyl groups is 1. The van der Waals surface area contributed by atoms with E-state index in [4.69, 9.17) is 0 Å². The van der Waals surface area contributed by atoms with Crippen molar-refractivity contribution in [3.8, 4) is 5.75 Å². The number of rotatable bonds is 1. The summed E-state index contributed by atoms with van der Waals surface area (Å²) in [5.41, 5.74) is 0.627. The molecule has 2 aromatic rings. The fourth-order valence-corrected chi connectivity index (χ4v) is 1.47. The van der Waals surface area contributed by atoms with Crippen LogP contribution in [0.4, 0.5) is 0 Å². The Bertz CT molecular complexity index is 466. The predicted octanol–water partition coefficient (Wildman–Crippen LogP) is 2.10. The number of phenols is 1. The third-order valence-corrected chi connectivity index (χ3v) is 2.30. The van der Waals surface area contributed by atoms with Gasteiger partial charge in [0.05, 0.1) is 5.60 Å². The highest BCUT2D eigenvalue weighted by atomic mass is 16.3. The van der Waals surface area contributed by atoms with Crippen LogP contribution in [-0.2, 0) is 5.60 Å². The third-order valence-electron chi connectivity index (χ3n) is 2.30. The Morgan fingerprint density at radius 2 is 2.00 bits per heavy atom. The van der Waals surface area contributed by atoms with Crippen LogP contribution in [-0.4, -0.2) is 15.2 Å². The molecule has 0 fully saturated rings. The lowest BCUT2D eigenvalue weighted by Crippen LogP contribution is -2.15. The van der Waals surface area contributed by atoms with Gasteiger partial charge in [-0.15, -0.1) is 0 Å². The van der Waals surface area contributed by atoms with Crippen LogP contribution in [0.3, 0.4) is 0 Å². The molecule has 0 aliphatic carbocycles. The van der Waals surface area contributed by atoms with Gasteiger partial charge < -0.3 is 15.2 Å². The molecule has 1 aromatic carbocycles. The van der Waals surface area contributed by atoms with Crippen molar-refractivity contribution >= 4 is 10.9 Å². The highest BCUT2D eigenvalue weighted by molar-refractivity contribution is 5.86. The first kappa shape index (κ1) is 9.09. The molecule has 0 unspecified atom stereocenters. The number of H-pyrrole nitrogens is 1. The molecule has 0 amide bonds. The van der Waals surface area contributed by atoms with Gasteiger partial charge in [0, 0.05) is 16.6 Å². The number of hydrogen-bond donors (Lipinski definition) is 3. The van der Waals surface area contributed by atoms with Crippen LogP contribution in [0.25, 0.3) is 10.9 Å². The van der Waals surface area contributed by atoms with Gasteiger partial charge in [0.1, 0.15) is 5.75 Å². The minimum atomic E-state index is -0.911. The zero-order chi connectivity index (χ0) is 10.3. The SMILES string of the molecule is CC(C)(O)c1cc2c(O)cccc2[nH]1. The first-order chi connectivity index (χ1) is 6.48. The largest absolute Gasteiger partial charge is 0.507 e. The number of fused-ring (bicyclic) bond motifs is 1. The zero-order valence-electron chi connectivity index (χ0n) is 8.20. The van der Waals surface area contributed by atoms with Gasteiger partial charge in [-0.1, -0.05) is 6.07 Å². The first-order valence-corrected chi connectivity index (χ1v) is 4.52. The van der Waals surface area contributed by atoms with E-state index >= 15 is 0 Å². The number of aliphatic hydroxyl groups is 1. The summed E-state index contributed by atoms with van der Waals surface area (Å²) < 4.78 is 0. The normalized spacial score (nSPS) is 12.2. The maximum atomic E-state index is 9.77. The number of hydrogen-bond acceptors (Lipinski definition) is 2. The molecule has 0 radical (unpaired) electrons. The van der Waals surface area contributed by atoms with Gasteiger partial charge in [-0.3, -0.25) is 0 Å². The number of aromatic amines is 1. The summed E-state index contributed by atoms with van der Waals surface area (Å²) in [4.78, 5) is 3.07. The van der Waals surface area contributed by atoms with Gasteiger partial charge in [-0.2, -0.15) is 0 Å². The Morgan fingerprint density at radius 3 is 2.57 bits per heavy atom. The van der Waals surface area contributed by atoms with Crippen LogP contribution in [0, 0.1) is 0 Å². The van der Waals surface area contributed by atoms with E-state index in [2.05, 4.69) is 4.98 Å². The molecule has 3 nitrogen and oxygen atoms in total. The summed E-state index contributed by atoms with van der Waals surface area (Å²) in [5, 5.41) is 20.1. The van der Waals surface area contributed by atoms with E-state index in [0.717, 1.165) is 10.9 Å². The number of aromatic nitrogens is 1. The van der Waals surface area contributed by atoms with Crippen molar-refractivity contribution in [3.05, 3.63) is 30.0 Å². The monoisotopic (exact) mass is 191 g/mol. The molecule has 1 aromatic heterocycles. The van der Waals surface area contributed by atoms with Crippen LogP contribution in [0.5, 0.6) is 5.75 Å². The molecule has 0 saturated heterocycles. The molecule has 0 aliphatic heterocycles. The standard InChI is InChI=1S/C11H13NO2/c1-11(2,14)10-6-7-8(12-10)4-3-5-9(7)13/h3-6,12-14H,1-2H3. The Kier molecular flexibility index (Phi) is 1.79. The van der Waals surface area contributed by atoms with E-state index in [-0.39, 0.29) is 5.75 Å². The third kappa shape index (κ3) is 1.36. The van der Waals surface area contributed by atoms with E-state index in [1.165, 1.54) is 0 Å². The zero-order valence-corrected chi connectivity index (χ0v) is 8.20. The van der Waals surface area contributed by atoms with Crippen LogP contribution in [0.2, 0.25) is 0 Å². The van der Waals surface area contributed by atoms with Gasteiger partial charge in [0.2, 0.25) is 0 Å². The van der Waals surface area contributed by atoms with Crippen LogP contribution >= 0.6 is 0 Å². The van der Waals surface area contributed by atoms with Crippen molar-refractivity contribution < 1.29 is 10.2 Å². The smallest absolute Gasteiger partial charge is 0.124 e. The molecule has 0 aliphatic rings. The molecule has 0 spiro atoms. The highest BCUT2D eigenvalue weighted by Gasteiger charge is 2.18. The minimum Gasteiger partial charge on any atom is -0.507 e. The van der Waals surface area contributed by atoms with E-state index in [0.29, 0.717) is 5.69 Å². The number of phenolic OH excluding ortho intramolecular Hbond substituents is 1. The molecule has 2 rings (SSSR count).